The quantitative estimate of drug-likeness (QED) is 0.823. The van der Waals surface area contributed by atoms with Crippen LogP contribution >= 0.6 is 0 Å². The van der Waals surface area contributed by atoms with Gasteiger partial charge in [0.25, 0.3) is 0 Å². The van der Waals surface area contributed by atoms with Gasteiger partial charge in [-0.1, -0.05) is 27.7 Å². The van der Waals surface area contributed by atoms with E-state index in [1.54, 1.807) is 0 Å². The summed E-state index contributed by atoms with van der Waals surface area (Å²) in [4.78, 5) is 25.1. The summed E-state index contributed by atoms with van der Waals surface area (Å²) >= 11 is 0. The summed E-state index contributed by atoms with van der Waals surface area (Å²) in [5.41, 5.74) is 0.411. The van der Waals surface area contributed by atoms with Gasteiger partial charge in [-0.05, 0) is 42.9 Å². The van der Waals surface area contributed by atoms with Crippen LogP contribution in [0.5, 0.6) is 0 Å². The highest BCUT2D eigenvalue weighted by molar-refractivity contribution is 5.83. The van der Waals surface area contributed by atoms with E-state index < -0.39 is 12.0 Å². The van der Waals surface area contributed by atoms with E-state index in [1.807, 2.05) is 0 Å². The zero-order valence-corrected chi connectivity index (χ0v) is 13.6. The van der Waals surface area contributed by atoms with Crippen molar-refractivity contribution < 1.29 is 14.7 Å². The van der Waals surface area contributed by atoms with E-state index in [0.29, 0.717) is 13.0 Å². The van der Waals surface area contributed by atoms with Crippen molar-refractivity contribution in [3.8, 4) is 0 Å². The van der Waals surface area contributed by atoms with Crippen molar-refractivity contribution in [3.05, 3.63) is 0 Å². The van der Waals surface area contributed by atoms with Crippen molar-refractivity contribution >= 4 is 12.0 Å². The van der Waals surface area contributed by atoms with Gasteiger partial charge in [0.1, 0.15) is 6.04 Å². The molecule has 5 heteroatoms. The number of carbonyl (C=O) groups is 2. The van der Waals surface area contributed by atoms with E-state index in [9.17, 15) is 14.7 Å². The molecule has 1 aliphatic heterocycles. The second-order valence-corrected chi connectivity index (χ2v) is 8.25. The molecule has 1 saturated heterocycles. The zero-order chi connectivity index (χ0) is 15.8. The highest BCUT2D eigenvalue weighted by atomic mass is 16.4. The minimum atomic E-state index is -0.896. The largest absolute Gasteiger partial charge is 0.480 e. The maximum Gasteiger partial charge on any atom is 0.326 e. The fourth-order valence-corrected chi connectivity index (χ4v) is 4.47. The number of rotatable bonds is 2. The predicted molar refractivity (Wildman–Crippen MR) is 81.1 cm³/mol. The molecule has 2 amide bonds. The molecule has 0 unspecified atom stereocenters. The van der Waals surface area contributed by atoms with Gasteiger partial charge >= 0.3 is 12.0 Å². The third-order valence-electron chi connectivity index (χ3n) is 4.68. The van der Waals surface area contributed by atoms with Crippen LogP contribution in [0.15, 0.2) is 0 Å². The first-order valence-corrected chi connectivity index (χ1v) is 7.90. The third-order valence-corrected chi connectivity index (χ3v) is 4.68. The zero-order valence-electron chi connectivity index (χ0n) is 13.6. The fraction of sp³-hybridized carbons (Fsp3) is 0.875. The molecule has 0 aromatic rings. The normalized spacial score (nSPS) is 28.4. The van der Waals surface area contributed by atoms with Crippen LogP contribution in [0.3, 0.4) is 0 Å². The average Bonchev–Trinajstić information content (AvgIpc) is 2.72. The lowest BCUT2D eigenvalue weighted by Gasteiger charge is -2.45. The van der Waals surface area contributed by atoms with Crippen molar-refractivity contribution in [1.82, 2.24) is 10.2 Å². The number of nitrogens with one attached hydrogen (secondary N) is 1. The maximum absolute atomic E-state index is 12.4. The fourth-order valence-electron chi connectivity index (χ4n) is 4.47. The highest BCUT2D eigenvalue weighted by Gasteiger charge is 2.40. The lowest BCUT2D eigenvalue weighted by molar-refractivity contribution is -0.141. The molecule has 5 nitrogen and oxygen atoms in total. The Morgan fingerprint density at radius 3 is 2.24 bits per heavy atom. The number of carboxylic acids is 1. The molecule has 2 N–H and O–H groups in total. The average molecular weight is 296 g/mol. The molecular formula is C16H28N2O3. The monoisotopic (exact) mass is 296 g/mol. The molecule has 1 saturated carbocycles. The first-order valence-electron chi connectivity index (χ1n) is 7.90. The van der Waals surface area contributed by atoms with Gasteiger partial charge in [0.2, 0.25) is 0 Å². The van der Waals surface area contributed by atoms with E-state index in [-0.39, 0.29) is 22.9 Å². The first-order chi connectivity index (χ1) is 9.60. The number of nitrogens with zero attached hydrogens (tertiary/aromatic N) is 1. The molecule has 2 rings (SSSR count). The number of carboxylic acid groups (broad SMARTS) is 1. The van der Waals surface area contributed by atoms with Crippen LogP contribution < -0.4 is 5.32 Å². The third kappa shape index (κ3) is 3.89. The Morgan fingerprint density at radius 1 is 1.14 bits per heavy atom. The Bertz CT molecular complexity index is 415. The van der Waals surface area contributed by atoms with Gasteiger partial charge in [-0.25, -0.2) is 9.59 Å². The minimum absolute atomic E-state index is 0.131. The summed E-state index contributed by atoms with van der Waals surface area (Å²) in [5.74, 6) is -0.896. The molecule has 2 aliphatic rings. The van der Waals surface area contributed by atoms with Crippen LogP contribution in [-0.2, 0) is 4.79 Å². The molecule has 0 bridgehead atoms. The van der Waals surface area contributed by atoms with Gasteiger partial charge in [0, 0.05) is 12.6 Å². The molecule has 0 aromatic heterocycles. The van der Waals surface area contributed by atoms with Crippen molar-refractivity contribution in [1.29, 1.82) is 0 Å². The van der Waals surface area contributed by atoms with Gasteiger partial charge < -0.3 is 15.3 Å². The Kier molecular flexibility index (Phi) is 4.22. The topological polar surface area (TPSA) is 69.6 Å². The van der Waals surface area contributed by atoms with Crippen LogP contribution in [0.1, 0.15) is 59.8 Å². The summed E-state index contributed by atoms with van der Waals surface area (Å²) in [6.07, 6.45) is 4.38. The van der Waals surface area contributed by atoms with Gasteiger partial charge in [0.05, 0.1) is 0 Å². The van der Waals surface area contributed by atoms with Gasteiger partial charge in [-0.3, -0.25) is 0 Å². The molecule has 0 spiro atoms. The number of likely N-dealkylation sites (tertiary alicyclic amines) is 1. The number of hydrogen-bond donors (Lipinski definition) is 2. The number of hydrogen-bond acceptors (Lipinski definition) is 2. The number of amides is 2. The van der Waals surface area contributed by atoms with E-state index in [0.717, 1.165) is 25.7 Å². The lowest BCUT2D eigenvalue weighted by atomic mass is 9.63. The van der Waals surface area contributed by atoms with E-state index in [4.69, 9.17) is 0 Å². The minimum Gasteiger partial charge on any atom is -0.480 e. The molecule has 1 atom stereocenters. The molecule has 1 aliphatic carbocycles. The number of carbonyl (C=O) groups excluding carboxylic acids is 1. The van der Waals surface area contributed by atoms with Crippen molar-refractivity contribution in [2.45, 2.75) is 71.9 Å². The Hall–Kier alpha value is -1.26. The van der Waals surface area contributed by atoms with Gasteiger partial charge in [-0.15, -0.1) is 0 Å². The van der Waals surface area contributed by atoms with Crippen molar-refractivity contribution in [2.75, 3.05) is 6.54 Å². The van der Waals surface area contributed by atoms with Gasteiger partial charge in [0.15, 0.2) is 0 Å². The van der Waals surface area contributed by atoms with Crippen LogP contribution in [0.4, 0.5) is 4.79 Å². The molecule has 120 valence electrons. The Labute approximate surface area is 127 Å². The van der Waals surface area contributed by atoms with E-state index in [1.165, 1.54) is 4.90 Å². The van der Waals surface area contributed by atoms with E-state index in [2.05, 4.69) is 33.0 Å². The van der Waals surface area contributed by atoms with E-state index >= 15 is 0 Å². The van der Waals surface area contributed by atoms with Crippen molar-refractivity contribution in [2.24, 2.45) is 10.8 Å². The Balaban J connectivity index is 2.00. The molecular weight excluding hydrogens is 268 g/mol. The van der Waals surface area contributed by atoms with Crippen LogP contribution in [0.2, 0.25) is 0 Å². The molecule has 0 aromatic carbocycles. The summed E-state index contributed by atoms with van der Waals surface area (Å²) in [6, 6.07) is -0.737. The van der Waals surface area contributed by atoms with Crippen molar-refractivity contribution in [3.63, 3.8) is 0 Å². The standard InChI is InChI=1S/C16H28N2O3/c1-15(2)8-11(9-16(3,4)10-15)17-14(21)18-7-5-6-12(18)13(19)20/h11-12H,5-10H2,1-4H3,(H,17,21)(H,19,20)/t12-/m0/s1. The smallest absolute Gasteiger partial charge is 0.326 e. The predicted octanol–water partition coefficient (Wildman–Crippen LogP) is 2.85. The first kappa shape index (κ1) is 16.1. The van der Waals surface area contributed by atoms with Gasteiger partial charge in [-0.2, -0.15) is 0 Å². The highest BCUT2D eigenvalue weighted by Crippen LogP contribution is 2.45. The summed E-state index contributed by atoms with van der Waals surface area (Å²) in [5, 5.41) is 12.3. The second-order valence-electron chi connectivity index (χ2n) is 8.25. The summed E-state index contributed by atoms with van der Waals surface area (Å²) in [6.45, 7) is 9.50. The summed E-state index contributed by atoms with van der Waals surface area (Å²) in [7, 11) is 0. The maximum atomic E-state index is 12.4. The Morgan fingerprint density at radius 2 is 1.71 bits per heavy atom. The second kappa shape index (κ2) is 5.50. The van der Waals surface area contributed by atoms with Crippen LogP contribution in [-0.4, -0.2) is 40.6 Å². The molecule has 2 fully saturated rings. The molecule has 0 radical (unpaired) electrons. The molecule has 1 heterocycles. The van der Waals surface area contributed by atoms with Crippen LogP contribution in [0.25, 0.3) is 0 Å². The molecule has 21 heavy (non-hydrogen) atoms. The number of aliphatic carboxylic acids is 1. The lowest BCUT2D eigenvalue weighted by Crippen LogP contribution is -2.52. The summed E-state index contributed by atoms with van der Waals surface area (Å²) < 4.78 is 0. The number of urea groups is 1. The van der Waals surface area contributed by atoms with Crippen LogP contribution in [0, 0.1) is 10.8 Å². The SMILES string of the molecule is CC1(C)CC(NC(=O)N2CCC[C@H]2C(=O)O)CC(C)(C)C1.